The maximum atomic E-state index is 13.4. The Kier molecular flexibility index (Phi) is 4.75. The molecule has 0 aliphatic heterocycles. The Morgan fingerprint density at radius 1 is 0.955 bits per heavy atom. The van der Waals surface area contributed by atoms with Gasteiger partial charge in [0.25, 0.3) is 0 Å². The molecule has 0 amide bonds. The van der Waals surface area contributed by atoms with Crippen molar-refractivity contribution in [3.63, 3.8) is 0 Å². The average molecular weight is 302 g/mol. The number of halogens is 2. The molecule has 0 aromatic heterocycles. The highest BCUT2D eigenvalue weighted by atomic mass is 19.2. The molecule has 1 unspecified atom stereocenters. The van der Waals surface area contributed by atoms with Crippen LogP contribution in [-0.2, 0) is 0 Å². The minimum Gasteiger partial charge on any atom is -0.204 e. The third-order valence-electron chi connectivity index (χ3n) is 5.49. The van der Waals surface area contributed by atoms with Gasteiger partial charge in [-0.05, 0) is 80.4 Å². The van der Waals surface area contributed by atoms with Gasteiger partial charge in [0.1, 0.15) is 0 Å². The van der Waals surface area contributed by atoms with E-state index in [4.69, 9.17) is 0 Å². The lowest BCUT2D eigenvalue weighted by atomic mass is 9.74. The Labute approximate surface area is 131 Å². The predicted octanol–water partition coefficient (Wildman–Crippen LogP) is 6.15. The summed E-state index contributed by atoms with van der Waals surface area (Å²) in [6, 6.07) is 4.35. The third kappa shape index (κ3) is 3.31. The molecule has 22 heavy (non-hydrogen) atoms. The number of hydrogen-bond acceptors (Lipinski definition) is 0. The summed E-state index contributed by atoms with van der Waals surface area (Å²) in [6.45, 7) is 3.91. The first-order valence-electron chi connectivity index (χ1n) is 8.43. The largest absolute Gasteiger partial charge is 0.204 e. The molecule has 2 aliphatic carbocycles. The van der Waals surface area contributed by atoms with E-state index in [1.165, 1.54) is 37.8 Å². The predicted molar refractivity (Wildman–Crippen MR) is 86.7 cm³/mol. The molecule has 2 heteroatoms. The highest BCUT2D eigenvalue weighted by Gasteiger charge is 2.25. The number of allylic oxidation sites excluding steroid dienone is 3. The van der Waals surface area contributed by atoms with Crippen molar-refractivity contribution >= 4 is 0 Å². The van der Waals surface area contributed by atoms with Gasteiger partial charge in [0.2, 0.25) is 0 Å². The molecular formula is C20H24F2. The van der Waals surface area contributed by atoms with Gasteiger partial charge >= 0.3 is 0 Å². The molecule has 1 atom stereocenters. The lowest BCUT2D eigenvalue weighted by Crippen LogP contribution is -2.17. The third-order valence-corrected chi connectivity index (χ3v) is 5.49. The zero-order chi connectivity index (χ0) is 15.5. The topological polar surface area (TPSA) is 0 Å². The van der Waals surface area contributed by atoms with E-state index in [1.807, 2.05) is 0 Å². The average Bonchev–Trinajstić information content (AvgIpc) is 2.58. The van der Waals surface area contributed by atoms with Gasteiger partial charge in [-0.15, -0.1) is 6.58 Å². The van der Waals surface area contributed by atoms with Crippen LogP contribution in [0.4, 0.5) is 8.78 Å². The van der Waals surface area contributed by atoms with Crippen LogP contribution in [0.3, 0.4) is 0 Å². The number of benzene rings is 1. The van der Waals surface area contributed by atoms with Crippen LogP contribution in [0.25, 0.3) is 0 Å². The molecule has 1 aromatic carbocycles. The molecule has 0 bridgehead atoms. The summed E-state index contributed by atoms with van der Waals surface area (Å²) in [5.74, 6) is 0.297. The Morgan fingerprint density at radius 2 is 1.73 bits per heavy atom. The SMILES string of the molecule is C=CC1CCC(C2=CCC(c3ccc(F)c(F)c3)CC2)CC1. The molecule has 118 valence electrons. The van der Waals surface area contributed by atoms with Crippen molar-refractivity contribution in [2.45, 2.75) is 50.9 Å². The van der Waals surface area contributed by atoms with Gasteiger partial charge in [-0.25, -0.2) is 8.78 Å². The van der Waals surface area contributed by atoms with E-state index < -0.39 is 11.6 Å². The molecule has 0 saturated heterocycles. The summed E-state index contributed by atoms with van der Waals surface area (Å²) in [5.41, 5.74) is 2.53. The van der Waals surface area contributed by atoms with Crippen LogP contribution >= 0.6 is 0 Å². The first-order valence-corrected chi connectivity index (χ1v) is 8.43. The second-order valence-corrected chi connectivity index (χ2v) is 6.77. The molecule has 1 fully saturated rings. The van der Waals surface area contributed by atoms with Crippen molar-refractivity contribution < 1.29 is 8.78 Å². The van der Waals surface area contributed by atoms with Crippen molar-refractivity contribution in [2.24, 2.45) is 11.8 Å². The van der Waals surface area contributed by atoms with Gasteiger partial charge in [0.15, 0.2) is 11.6 Å². The van der Waals surface area contributed by atoms with Crippen LogP contribution in [0, 0.1) is 23.5 Å². The molecule has 0 N–H and O–H groups in total. The molecule has 0 nitrogen and oxygen atoms in total. The van der Waals surface area contributed by atoms with Gasteiger partial charge in [0.05, 0.1) is 0 Å². The van der Waals surface area contributed by atoms with E-state index in [1.54, 1.807) is 11.6 Å². The smallest absolute Gasteiger partial charge is 0.159 e. The summed E-state index contributed by atoms with van der Waals surface area (Å²) in [7, 11) is 0. The van der Waals surface area contributed by atoms with Gasteiger partial charge in [-0.3, -0.25) is 0 Å². The van der Waals surface area contributed by atoms with Gasteiger partial charge < -0.3 is 0 Å². The van der Waals surface area contributed by atoms with Crippen molar-refractivity contribution in [3.8, 4) is 0 Å². The van der Waals surface area contributed by atoms with Crippen molar-refractivity contribution in [1.82, 2.24) is 0 Å². The fourth-order valence-corrected chi connectivity index (χ4v) is 4.02. The highest BCUT2D eigenvalue weighted by molar-refractivity contribution is 5.25. The van der Waals surface area contributed by atoms with E-state index in [9.17, 15) is 8.78 Å². The maximum Gasteiger partial charge on any atom is 0.159 e. The monoisotopic (exact) mass is 302 g/mol. The summed E-state index contributed by atoms with van der Waals surface area (Å²) in [4.78, 5) is 0. The standard InChI is InChI=1S/C20H24F2/c1-2-14-3-5-15(6-4-14)16-7-9-17(10-8-16)18-11-12-19(21)20(22)13-18/h2,7,11-15,17H,1,3-6,8-10H2. The number of hydrogen-bond donors (Lipinski definition) is 0. The zero-order valence-corrected chi connectivity index (χ0v) is 13.0. The van der Waals surface area contributed by atoms with Crippen LogP contribution < -0.4 is 0 Å². The second-order valence-electron chi connectivity index (χ2n) is 6.77. The van der Waals surface area contributed by atoms with Crippen LogP contribution in [0.15, 0.2) is 42.5 Å². The fraction of sp³-hybridized carbons (Fsp3) is 0.500. The minimum absolute atomic E-state index is 0.336. The molecule has 3 rings (SSSR count). The van der Waals surface area contributed by atoms with Crippen LogP contribution in [-0.4, -0.2) is 0 Å². The van der Waals surface area contributed by atoms with Crippen molar-refractivity contribution in [2.75, 3.05) is 0 Å². The van der Waals surface area contributed by atoms with E-state index in [0.29, 0.717) is 11.8 Å². The molecular weight excluding hydrogens is 278 g/mol. The Morgan fingerprint density at radius 3 is 2.32 bits per heavy atom. The minimum atomic E-state index is -0.755. The molecule has 0 radical (unpaired) electrons. The summed E-state index contributed by atoms with van der Waals surface area (Å²) in [6.07, 6.45) is 12.7. The molecule has 1 aromatic rings. The Bertz CT molecular complexity index is 565. The quantitative estimate of drug-likeness (QED) is 0.587. The van der Waals surface area contributed by atoms with Crippen LogP contribution in [0.2, 0.25) is 0 Å². The normalized spacial score (nSPS) is 29.0. The van der Waals surface area contributed by atoms with Gasteiger partial charge in [-0.1, -0.05) is 23.8 Å². The number of rotatable bonds is 3. The van der Waals surface area contributed by atoms with Gasteiger partial charge in [0, 0.05) is 0 Å². The van der Waals surface area contributed by atoms with Crippen molar-refractivity contribution in [1.29, 1.82) is 0 Å². The maximum absolute atomic E-state index is 13.4. The fourth-order valence-electron chi connectivity index (χ4n) is 4.02. The zero-order valence-electron chi connectivity index (χ0n) is 13.0. The molecule has 0 spiro atoms. The van der Waals surface area contributed by atoms with Crippen LogP contribution in [0.5, 0.6) is 0 Å². The Hall–Kier alpha value is -1.44. The van der Waals surface area contributed by atoms with E-state index >= 15 is 0 Å². The van der Waals surface area contributed by atoms with E-state index in [0.717, 1.165) is 30.7 Å². The highest BCUT2D eigenvalue weighted by Crippen LogP contribution is 2.40. The molecule has 2 aliphatic rings. The summed E-state index contributed by atoms with van der Waals surface area (Å²) in [5, 5.41) is 0. The first kappa shape index (κ1) is 15.5. The summed E-state index contributed by atoms with van der Waals surface area (Å²) < 4.78 is 26.4. The van der Waals surface area contributed by atoms with Gasteiger partial charge in [-0.2, -0.15) is 0 Å². The van der Waals surface area contributed by atoms with E-state index in [-0.39, 0.29) is 0 Å². The molecule has 1 saturated carbocycles. The summed E-state index contributed by atoms with van der Waals surface area (Å²) >= 11 is 0. The molecule has 0 heterocycles. The van der Waals surface area contributed by atoms with Crippen molar-refractivity contribution in [3.05, 3.63) is 59.7 Å². The lowest BCUT2D eigenvalue weighted by molar-refractivity contribution is 0.333. The Balaban J connectivity index is 1.62. The second kappa shape index (κ2) is 6.76. The lowest BCUT2D eigenvalue weighted by Gasteiger charge is -2.32. The first-order chi connectivity index (χ1) is 10.7. The van der Waals surface area contributed by atoms with Crippen LogP contribution in [0.1, 0.15) is 56.4 Å². The van der Waals surface area contributed by atoms with E-state index in [2.05, 4.69) is 18.7 Å².